The van der Waals surface area contributed by atoms with Gasteiger partial charge in [0.25, 0.3) is 5.91 Å². The molecule has 1 unspecified atom stereocenters. The fourth-order valence-corrected chi connectivity index (χ4v) is 2.32. The summed E-state index contributed by atoms with van der Waals surface area (Å²) in [5.74, 6) is 0.408. The summed E-state index contributed by atoms with van der Waals surface area (Å²) in [6.07, 6.45) is 4.95. The van der Waals surface area contributed by atoms with Crippen molar-refractivity contribution in [1.82, 2.24) is 5.32 Å². The average Bonchev–Trinajstić information content (AvgIpc) is 2.32. The van der Waals surface area contributed by atoms with Crippen LogP contribution in [0, 0.1) is 15.9 Å². The van der Waals surface area contributed by atoms with Crippen LogP contribution in [0.4, 0.5) is 0 Å². The molecule has 0 saturated heterocycles. The van der Waals surface area contributed by atoms with E-state index in [0.29, 0.717) is 13.6 Å². The zero-order chi connectivity index (χ0) is 14.6. The number of aliphatic carboxylic acids is 1. The minimum atomic E-state index is -1.20. The van der Waals surface area contributed by atoms with Gasteiger partial charge in [0, 0.05) is 15.0 Å². The van der Waals surface area contributed by atoms with Crippen molar-refractivity contribution in [2.75, 3.05) is 0 Å². The number of benzene rings is 1. The van der Waals surface area contributed by atoms with Crippen molar-refractivity contribution in [3.8, 4) is 12.3 Å². The van der Waals surface area contributed by atoms with E-state index in [9.17, 15) is 9.59 Å². The summed E-state index contributed by atoms with van der Waals surface area (Å²) in [4.78, 5) is 22.9. The van der Waals surface area contributed by atoms with Crippen LogP contribution in [0.5, 0.6) is 0 Å². The summed E-state index contributed by atoms with van der Waals surface area (Å²) in [6.45, 7) is 0. The van der Waals surface area contributed by atoms with E-state index >= 15 is 0 Å². The predicted molar refractivity (Wildman–Crippen MR) is 81.5 cm³/mol. The van der Waals surface area contributed by atoms with E-state index in [1.807, 2.05) is 22.6 Å². The molecule has 0 spiro atoms. The van der Waals surface area contributed by atoms with Crippen LogP contribution in [-0.2, 0) is 4.79 Å². The van der Waals surface area contributed by atoms with Crippen LogP contribution in [0.25, 0.3) is 0 Å². The van der Waals surface area contributed by atoms with Gasteiger partial charge in [0.1, 0.15) is 6.04 Å². The zero-order valence-electron chi connectivity index (χ0n) is 9.41. The SMILES string of the molecule is C#CCC(NC(=O)c1cc(Cl)cc(Cl)c1I)C(=O)O. The van der Waals surface area contributed by atoms with Crippen LogP contribution in [0.2, 0.25) is 10.0 Å². The Balaban J connectivity index is 3.01. The number of nitrogens with one attached hydrogen (secondary N) is 1. The second-order valence-corrected chi connectivity index (χ2v) is 5.44. The highest BCUT2D eigenvalue weighted by Gasteiger charge is 2.21. The summed E-state index contributed by atoms with van der Waals surface area (Å²) in [6, 6.07) is 1.77. The number of carbonyl (C=O) groups is 2. The molecule has 0 saturated carbocycles. The first-order valence-corrected chi connectivity index (χ1v) is 6.82. The molecule has 0 heterocycles. The topological polar surface area (TPSA) is 66.4 Å². The van der Waals surface area contributed by atoms with Crippen molar-refractivity contribution >= 4 is 57.7 Å². The van der Waals surface area contributed by atoms with Gasteiger partial charge in [-0.1, -0.05) is 23.2 Å². The Morgan fingerprint density at radius 1 is 1.47 bits per heavy atom. The first kappa shape index (κ1) is 16.1. The number of carboxylic acid groups (broad SMARTS) is 1. The van der Waals surface area contributed by atoms with E-state index in [1.54, 1.807) is 0 Å². The number of halogens is 3. The number of carboxylic acids is 1. The molecule has 19 heavy (non-hydrogen) atoms. The van der Waals surface area contributed by atoms with Crippen molar-refractivity contribution in [2.45, 2.75) is 12.5 Å². The number of hydrogen-bond acceptors (Lipinski definition) is 2. The molecule has 0 aliphatic carbocycles. The zero-order valence-corrected chi connectivity index (χ0v) is 13.1. The molecule has 1 aromatic carbocycles. The number of terminal acetylenes is 1. The number of carbonyl (C=O) groups excluding carboxylic acids is 1. The Hall–Kier alpha value is -0.970. The van der Waals surface area contributed by atoms with Gasteiger partial charge in [-0.2, -0.15) is 0 Å². The van der Waals surface area contributed by atoms with Crippen LogP contribution < -0.4 is 5.32 Å². The van der Waals surface area contributed by atoms with Crippen LogP contribution in [0.3, 0.4) is 0 Å². The highest BCUT2D eigenvalue weighted by Crippen LogP contribution is 2.26. The minimum absolute atomic E-state index is 0.105. The van der Waals surface area contributed by atoms with E-state index in [2.05, 4.69) is 11.2 Å². The van der Waals surface area contributed by atoms with Crippen molar-refractivity contribution < 1.29 is 14.7 Å². The van der Waals surface area contributed by atoms with Gasteiger partial charge in [0.15, 0.2) is 0 Å². The molecule has 0 aliphatic rings. The molecule has 0 aromatic heterocycles. The summed E-state index contributed by atoms with van der Waals surface area (Å²) >= 11 is 13.6. The van der Waals surface area contributed by atoms with Crippen molar-refractivity contribution in [3.63, 3.8) is 0 Å². The fraction of sp³-hybridized carbons (Fsp3) is 0.167. The fourth-order valence-electron chi connectivity index (χ4n) is 1.28. The monoisotopic (exact) mass is 411 g/mol. The van der Waals surface area contributed by atoms with Gasteiger partial charge >= 0.3 is 5.97 Å². The predicted octanol–water partition coefficient (Wildman–Crippen LogP) is 2.80. The lowest BCUT2D eigenvalue weighted by Gasteiger charge is -2.13. The second-order valence-electron chi connectivity index (χ2n) is 3.52. The number of hydrogen-bond donors (Lipinski definition) is 2. The normalized spacial score (nSPS) is 11.5. The maximum Gasteiger partial charge on any atom is 0.327 e. The van der Waals surface area contributed by atoms with Crippen molar-refractivity contribution in [1.29, 1.82) is 0 Å². The summed E-state index contributed by atoms with van der Waals surface area (Å²) in [5, 5.41) is 11.9. The molecular formula is C12H8Cl2INO3. The Labute approximate surface area is 133 Å². The summed E-state index contributed by atoms with van der Waals surface area (Å²) < 4.78 is 0.492. The maximum atomic E-state index is 12.0. The Kier molecular flexibility index (Phi) is 5.91. The van der Waals surface area contributed by atoms with E-state index in [-0.39, 0.29) is 12.0 Å². The van der Waals surface area contributed by atoms with Crippen LogP contribution >= 0.6 is 45.8 Å². The number of rotatable bonds is 4. The van der Waals surface area contributed by atoms with E-state index in [0.717, 1.165) is 0 Å². The third kappa shape index (κ3) is 4.27. The van der Waals surface area contributed by atoms with Gasteiger partial charge in [0.05, 0.1) is 10.6 Å². The molecule has 1 aromatic rings. The Morgan fingerprint density at radius 2 is 2.11 bits per heavy atom. The summed E-state index contributed by atoms with van der Waals surface area (Å²) in [7, 11) is 0. The van der Waals surface area contributed by atoms with Gasteiger partial charge in [-0.05, 0) is 34.7 Å². The summed E-state index contributed by atoms with van der Waals surface area (Å²) in [5.41, 5.74) is 0.210. The molecule has 0 radical (unpaired) electrons. The second kappa shape index (κ2) is 6.98. The average molecular weight is 412 g/mol. The maximum absolute atomic E-state index is 12.0. The molecule has 1 atom stereocenters. The van der Waals surface area contributed by atoms with Crippen molar-refractivity contribution in [2.24, 2.45) is 0 Å². The van der Waals surface area contributed by atoms with Gasteiger partial charge in [-0.3, -0.25) is 4.79 Å². The highest BCUT2D eigenvalue weighted by molar-refractivity contribution is 14.1. The van der Waals surface area contributed by atoms with E-state index in [4.69, 9.17) is 34.7 Å². The third-order valence-electron chi connectivity index (χ3n) is 2.16. The molecule has 0 fully saturated rings. The van der Waals surface area contributed by atoms with Crippen LogP contribution in [0.15, 0.2) is 12.1 Å². The van der Waals surface area contributed by atoms with Crippen molar-refractivity contribution in [3.05, 3.63) is 31.3 Å². The standard InChI is InChI=1S/C12H8Cl2INO3/c1-2-3-9(12(18)19)16-11(17)7-4-6(13)5-8(14)10(7)15/h1,4-5,9H,3H2,(H,16,17)(H,18,19). The molecular weight excluding hydrogens is 404 g/mol. The quantitative estimate of drug-likeness (QED) is 0.455. The Morgan fingerprint density at radius 3 is 2.63 bits per heavy atom. The molecule has 0 bridgehead atoms. The van der Waals surface area contributed by atoms with Gasteiger partial charge < -0.3 is 10.4 Å². The van der Waals surface area contributed by atoms with E-state index in [1.165, 1.54) is 12.1 Å². The molecule has 7 heteroatoms. The molecule has 0 aliphatic heterocycles. The van der Waals surface area contributed by atoms with Gasteiger partial charge in [-0.15, -0.1) is 12.3 Å². The first-order valence-electron chi connectivity index (χ1n) is 4.98. The molecule has 100 valence electrons. The highest BCUT2D eigenvalue weighted by atomic mass is 127. The lowest BCUT2D eigenvalue weighted by molar-refractivity contribution is -0.139. The molecule has 4 nitrogen and oxygen atoms in total. The molecule has 1 amide bonds. The third-order valence-corrected chi connectivity index (χ3v) is 4.16. The lowest BCUT2D eigenvalue weighted by atomic mass is 10.1. The molecule has 2 N–H and O–H groups in total. The smallest absolute Gasteiger partial charge is 0.327 e. The van der Waals surface area contributed by atoms with Gasteiger partial charge in [0.2, 0.25) is 0 Å². The number of amides is 1. The lowest BCUT2D eigenvalue weighted by Crippen LogP contribution is -2.40. The largest absolute Gasteiger partial charge is 0.480 e. The first-order chi connectivity index (χ1) is 8.86. The Bertz CT molecular complexity index is 569. The minimum Gasteiger partial charge on any atom is -0.480 e. The van der Waals surface area contributed by atoms with Gasteiger partial charge in [-0.25, -0.2) is 4.79 Å². The van der Waals surface area contributed by atoms with Crippen LogP contribution in [0.1, 0.15) is 16.8 Å². The van der Waals surface area contributed by atoms with Crippen LogP contribution in [-0.4, -0.2) is 23.0 Å². The molecule has 1 rings (SSSR count). The van der Waals surface area contributed by atoms with E-state index < -0.39 is 17.9 Å².